The van der Waals surface area contributed by atoms with Crippen LogP contribution in [0.2, 0.25) is 0 Å². The van der Waals surface area contributed by atoms with Crippen molar-refractivity contribution in [1.29, 1.82) is 5.26 Å². The number of anilines is 1. The van der Waals surface area contributed by atoms with Gasteiger partial charge in [-0.1, -0.05) is 30.3 Å². The zero-order chi connectivity index (χ0) is 18.4. The number of urea groups is 1. The van der Waals surface area contributed by atoms with Crippen LogP contribution in [0.15, 0.2) is 48.5 Å². The maximum Gasteiger partial charge on any atom is 0.319 e. The minimum Gasteiger partial charge on any atom is -0.381 e. The summed E-state index contributed by atoms with van der Waals surface area (Å²) in [4.78, 5) is 12.3. The normalized spacial score (nSPS) is 15.7. The molecule has 0 bridgehead atoms. The minimum atomic E-state index is -0.516. The average Bonchev–Trinajstić information content (AvgIpc) is 2.69. The summed E-state index contributed by atoms with van der Waals surface area (Å²) in [5, 5.41) is 14.6. The lowest BCUT2D eigenvalue weighted by Crippen LogP contribution is -2.45. The van der Waals surface area contributed by atoms with Crippen molar-refractivity contribution in [3.63, 3.8) is 0 Å². The molecule has 3 rings (SSSR count). The molecule has 2 N–H and O–H groups in total. The van der Waals surface area contributed by atoms with Crippen molar-refractivity contribution in [2.75, 3.05) is 25.1 Å². The Labute approximate surface area is 151 Å². The fraction of sp³-hybridized carbons (Fsp3) is 0.300. The molecule has 2 aromatic rings. The van der Waals surface area contributed by atoms with Gasteiger partial charge in [0.25, 0.3) is 0 Å². The lowest BCUT2D eigenvalue weighted by atomic mass is 9.74. The van der Waals surface area contributed by atoms with Crippen LogP contribution < -0.4 is 10.6 Å². The molecule has 1 heterocycles. The van der Waals surface area contributed by atoms with Gasteiger partial charge in [-0.25, -0.2) is 9.18 Å². The van der Waals surface area contributed by atoms with E-state index in [9.17, 15) is 9.18 Å². The SMILES string of the molecule is N#Cc1cc(F)ccc1NC(=O)NCC1(c2ccccc2)CCOCC1. The molecule has 1 saturated heterocycles. The number of carbonyl (C=O) groups excluding carboxylic acids is 1. The molecule has 0 saturated carbocycles. The Morgan fingerprint density at radius 2 is 1.92 bits per heavy atom. The number of amides is 2. The molecule has 0 atom stereocenters. The first-order valence-electron chi connectivity index (χ1n) is 8.51. The van der Waals surface area contributed by atoms with E-state index in [-0.39, 0.29) is 16.7 Å². The second kappa shape index (κ2) is 7.98. The third-order valence-electron chi connectivity index (χ3n) is 4.77. The Morgan fingerprint density at radius 3 is 2.62 bits per heavy atom. The second-order valence-corrected chi connectivity index (χ2v) is 6.37. The highest BCUT2D eigenvalue weighted by Crippen LogP contribution is 2.34. The zero-order valence-electron chi connectivity index (χ0n) is 14.3. The van der Waals surface area contributed by atoms with Crippen molar-refractivity contribution in [3.05, 3.63) is 65.5 Å². The lowest BCUT2D eigenvalue weighted by molar-refractivity contribution is 0.0508. The highest BCUT2D eigenvalue weighted by molar-refractivity contribution is 5.90. The Balaban J connectivity index is 1.70. The maximum atomic E-state index is 13.2. The van der Waals surface area contributed by atoms with Gasteiger partial charge in [0.2, 0.25) is 0 Å². The summed E-state index contributed by atoms with van der Waals surface area (Å²) >= 11 is 0. The lowest BCUT2D eigenvalue weighted by Gasteiger charge is -2.38. The molecule has 134 valence electrons. The first-order valence-corrected chi connectivity index (χ1v) is 8.51. The maximum absolute atomic E-state index is 13.2. The summed E-state index contributed by atoms with van der Waals surface area (Å²) in [7, 11) is 0. The first-order chi connectivity index (χ1) is 12.6. The number of benzene rings is 2. The molecule has 1 fully saturated rings. The molecular formula is C20H20FN3O2. The Hall–Kier alpha value is -2.91. The first kappa shape index (κ1) is 17.9. The summed E-state index contributed by atoms with van der Waals surface area (Å²) in [5.41, 5.74) is 1.36. The molecular weight excluding hydrogens is 333 g/mol. The minimum absolute atomic E-state index is 0.0870. The molecule has 6 heteroatoms. The molecule has 5 nitrogen and oxygen atoms in total. The van der Waals surface area contributed by atoms with Gasteiger partial charge in [-0.3, -0.25) is 0 Å². The Bertz CT molecular complexity index is 812. The van der Waals surface area contributed by atoms with Gasteiger partial charge in [-0.2, -0.15) is 5.26 Å². The predicted molar refractivity (Wildman–Crippen MR) is 96.3 cm³/mol. The number of hydrogen-bond acceptors (Lipinski definition) is 3. The number of nitrogens with one attached hydrogen (secondary N) is 2. The largest absolute Gasteiger partial charge is 0.381 e. The number of carbonyl (C=O) groups is 1. The van der Waals surface area contributed by atoms with Crippen LogP contribution in [-0.2, 0) is 10.2 Å². The van der Waals surface area contributed by atoms with Crippen molar-refractivity contribution in [1.82, 2.24) is 5.32 Å². The molecule has 0 radical (unpaired) electrons. The molecule has 2 amide bonds. The molecule has 0 aromatic heterocycles. The van der Waals surface area contributed by atoms with Gasteiger partial charge in [0.1, 0.15) is 11.9 Å². The van der Waals surface area contributed by atoms with Crippen LogP contribution in [0.25, 0.3) is 0 Å². The van der Waals surface area contributed by atoms with E-state index in [1.807, 2.05) is 24.3 Å². The van der Waals surface area contributed by atoms with Crippen molar-refractivity contribution in [2.45, 2.75) is 18.3 Å². The van der Waals surface area contributed by atoms with Gasteiger partial charge in [0.15, 0.2) is 0 Å². The van der Waals surface area contributed by atoms with Crippen LogP contribution in [0.1, 0.15) is 24.0 Å². The number of halogens is 1. The Morgan fingerprint density at radius 1 is 1.19 bits per heavy atom. The van der Waals surface area contributed by atoms with E-state index in [0.717, 1.165) is 18.9 Å². The summed E-state index contributed by atoms with van der Waals surface area (Å²) in [6.07, 6.45) is 1.63. The molecule has 0 unspecified atom stereocenters. The van der Waals surface area contributed by atoms with E-state index >= 15 is 0 Å². The number of nitriles is 1. The van der Waals surface area contributed by atoms with Gasteiger partial charge in [0.05, 0.1) is 11.3 Å². The number of nitrogens with zero attached hydrogens (tertiary/aromatic N) is 1. The van der Waals surface area contributed by atoms with E-state index in [1.54, 1.807) is 0 Å². The van der Waals surface area contributed by atoms with E-state index in [0.29, 0.717) is 19.8 Å². The monoisotopic (exact) mass is 353 g/mol. The van der Waals surface area contributed by atoms with Crippen LogP contribution in [-0.4, -0.2) is 25.8 Å². The number of rotatable bonds is 4. The van der Waals surface area contributed by atoms with Gasteiger partial charge in [-0.05, 0) is 36.6 Å². The van der Waals surface area contributed by atoms with Gasteiger partial charge < -0.3 is 15.4 Å². The van der Waals surface area contributed by atoms with Gasteiger partial charge >= 0.3 is 6.03 Å². The summed E-state index contributed by atoms with van der Waals surface area (Å²) in [6, 6.07) is 15.2. The van der Waals surface area contributed by atoms with E-state index < -0.39 is 11.8 Å². The summed E-state index contributed by atoms with van der Waals surface area (Å²) in [6.45, 7) is 1.75. The molecule has 1 aliphatic heterocycles. The van der Waals surface area contributed by atoms with Crippen molar-refractivity contribution in [3.8, 4) is 6.07 Å². The molecule has 2 aromatic carbocycles. The quantitative estimate of drug-likeness (QED) is 0.882. The summed E-state index contributed by atoms with van der Waals surface area (Å²) < 4.78 is 18.7. The zero-order valence-corrected chi connectivity index (χ0v) is 14.3. The van der Waals surface area contributed by atoms with Crippen LogP contribution in [0.3, 0.4) is 0 Å². The van der Waals surface area contributed by atoms with Crippen LogP contribution in [0, 0.1) is 17.1 Å². The number of ether oxygens (including phenoxy) is 1. The van der Waals surface area contributed by atoms with Crippen molar-refractivity contribution in [2.24, 2.45) is 0 Å². The van der Waals surface area contributed by atoms with Gasteiger partial charge in [0, 0.05) is 25.2 Å². The molecule has 0 aliphatic carbocycles. The summed E-state index contributed by atoms with van der Waals surface area (Å²) in [5.74, 6) is -0.516. The number of hydrogen-bond donors (Lipinski definition) is 2. The van der Waals surface area contributed by atoms with Crippen molar-refractivity contribution < 1.29 is 13.9 Å². The fourth-order valence-electron chi connectivity index (χ4n) is 3.26. The van der Waals surface area contributed by atoms with Crippen LogP contribution in [0.5, 0.6) is 0 Å². The topological polar surface area (TPSA) is 74.2 Å². The Kier molecular flexibility index (Phi) is 5.49. The fourth-order valence-corrected chi connectivity index (χ4v) is 3.26. The highest BCUT2D eigenvalue weighted by Gasteiger charge is 2.34. The second-order valence-electron chi connectivity index (χ2n) is 6.37. The third-order valence-corrected chi connectivity index (χ3v) is 4.77. The molecule has 0 spiro atoms. The average molecular weight is 353 g/mol. The predicted octanol–water partition coefficient (Wildman–Crippen LogP) is 3.57. The van der Waals surface area contributed by atoms with Crippen LogP contribution in [0.4, 0.5) is 14.9 Å². The van der Waals surface area contributed by atoms with Crippen LogP contribution >= 0.6 is 0 Å². The molecule has 1 aliphatic rings. The molecule has 26 heavy (non-hydrogen) atoms. The van der Waals surface area contributed by atoms with Gasteiger partial charge in [-0.15, -0.1) is 0 Å². The van der Waals surface area contributed by atoms with E-state index in [2.05, 4.69) is 22.8 Å². The van der Waals surface area contributed by atoms with Crippen molar-refractivity contribution >= 4 is 11.7 Å². The highest BCUT2D eigenvalue weighted by atomic mass is 19.1. The standard InChI is InChI=1S/C20H20FN3O2/c21-17-6-7-18(15(12-17)13-22)24-19(25)23-14-20(8-10-26-11-9-20)16-4-2-1-3-5-16/h1-7,12H,8-11,14H2,(H2,23,24,25). The van der Waals surface area contributed by atoms with E-state index in [4.69, 9.17) is 10.00 Å². The smallest absolute Gasteiger partial charge is 0.319 e. The van der Waals surface area contributed by atoms with E-state index in [1.165, 1.54) is 17.7 Å². The third kappa shape index (κ3) is 4.01.